The average Bonchev–Trinajstić information content (AvgIpc) is 3.11. The zero-order chi connectivity index (χ0) is 20.4. The molecule has 0 unspecified atom stereocenters. The van der Waals surface area contributed by atoms with Gasteiger partial charge in [0.2, 0.25) is 0 Å². The second-order valence-corrected chi connectivity index (χ2v) is 9.03. The van der Waals surface area contributed by atoms with Crippen molar-refractivity contribution in [2.45, 2.75) is 6.92 Å². The minimum Gasteiger partial charge on any atom is -0.351 e. The van der Waals surface area contributed by atoms with E-state index < -0.39 is 0 Å². The molecule has 0 atom stereocenters. The smallest absolute Gasteiger partial charge is 0.252 e. The number of hydrogen-bond donors (Lipinski definition) is 1. The third-order valence-electron chi connectivity index (χ3n) is 5.06. The van der Waals surface area contributed by atoms with E-state index in [9.17, 15) is 4.79 Å². The molecule has 1 aromatic heterocycles. The van der Waals surface area contributed by atoms with E-state index in [1.807, 2.05) is 0 Å². The lowest BCUT2D eigenvalue weighted by atomic mass is 10.2. The number of carbonyl (C=O) groups excluding carboxylic acids is 1. The van der Waals surface area contributed by atoms with Crippen LogP contribution in [-0.2, 0) is 0 Å². The van der Waals surface area contributed by atoms with Gasteiger partial charge in [0, 0.05) is 44.3 Å². The topological polar surface area (TPSA) is 48.5 Å². The Hall–Kier alpha value is -1.86. The van der Waals surface area contributed by atoms with Gasteiger partial charge in [-0.25, -0.2) is 4.98 Å². The van der Waals surface area contributed by atoms with Crippen molar-refractivity contribution in [1.82, 2.24) is 15.2 Å². The van der Waals surface area contributed by atoms with Gasteiger partial charge in [-0.1, -0.05) is 40.6 Å². The van der Waals surface area contributed by atoms with Crippen LogP contribution in [0.5, 0.6) is 0 Å². The Balaban J connectivity index is 1.26. The lowest BCUT2D eigenvalue weighted by Gasteiger charge is -2.34. The molecule has 5 nitrogen and oxygen atoms in total. The number of nitrogens with one attached hydrogen (secondary N) is 1. The summed E-state index contributed by atoms with van der Waals surface area (Å²) < 4.78 is 1.24. The second kappa shape index (κ2) is 8.88. The fourth-order valence-electron chi connectivity index (χ4n) is 3.41. The maximum Gasteiger partial charge on any atom is 0.252 e. The van der Waals surface area contributed by atoms with Gasteiger partial charge in [-0.05, 0) is 42.8 Å². The van der Waals surface area contributed by atoms with Crippen LogP contribution in [0.25, 0.3) is 10.2 Å². The van der Waals surface area contributed by atoms with Crippen LogP contribution in [0.15, 0.2) is 36.4 Å². The third kappa shape index (κ3) is 4.83. The zero-order valence-electron chi connectivity index (χ0n) is 16.1. The first-order chi connectivity index (χ1) is 14.0. The van der Waals surface area contributed by atoms with Crippen LogP contribution in [0.4, 0.5) is 5.13 Å². The minimum absolute atomic E-state index is 0.171. The van der Waals surface area contributed by atoms with Gasteiger partial charge in [-0.3, -0.25) is 9.69 Å². The highest BCUT2D eigenvalue weighted by atomic mass is 35.5. The standard InChI is InChI=1S/C21H22Cl2N4OS/c1-14-2-5-18-19(12-14)29-21(25-18)27-10-8-26(9-11-27)7-6-24-20(28)16-4-3-15(22)13-17(16)23/h2-5,12-13H,6-11H2,1H3,(H,24,28). The third-order valence-corrected chi connectivity index (χ3v) is 6.69. The molecule has 0 radical (unpaired) electrons. The Kier molecular flexibility index (Phi) is 6.25. The Bertz CT molecular complexity index is 1030. The van der Waals surface area contributed by atoms with Crippen molar-refractivity contribution in [3.63, 3.8) is 0 Å². The van der Waals surface area contributed by atoms with Crippen molar-refractivity contribution < 1.29 is 4.79 Å². The first-order valence-corrected chi connectivity index (χ1v) is 11.1. The number of carbonyl (C=O) groups is 1. The van der Waals surface area contributed by atoms with E-state index >= 15 is 0 Å². The first kappa shape index (κ1) is 20.4. The highest BCUT2D eigenvalue weighted by Crippen LogP contribution is 2.30. The molecular weight excluding hydrogens is 427 g/mol. The maximum absolute atomic E-state index is 12.3. The van der Waals surface area contributed by atoms with Crippen LogP contribution in [0.3, 0.4) is 0 Å². The van der Waals surface area contributed by atoms with Gasteiger partial charge in [0.25, 0.3) is 5.91 Å². The first-order valence-electron chi connectivity index (χ1n) is 9.57. The SMILES string of the molecule is Cc1ccc2nc(N3CCN(CCNC(=O)c4ccc(Cl)cc4Cl)CC3)sc2c1. The molecule has 0 aliphatic carbocycles. The predicted molar refractivity (Wildman–Crippen MR) is 122 cm³/mol. The molecule has 1 N–H and O–H groups in total. The molecule has 2 aromatic carbocycles. The molecule has 1 saturated heterocycles. The number of benzene rings is 2. The molecule has 4 rings (SSSR count). The predicted octanol–water partition coefficient (Wildman–Crippen LogP) is 4.46. The highest BCUT2D eigenvalue weighted by molar-refractivity contribution is 7.22. The van der Waals surface area contributed by atoms with Gasteiger partial charge in [-0.2, -0.15) is 0 Å². The summed E-state index contributed by atoms with van der Waals surface area (Å²) in [6, 6.07) is 11.3. The molecule has 3 aromatic rings. The Morgan fingerprint density at radius 3 is 2.69 bits per heavy atom. The quantitative estimate of drug-likeness (QED) is 0.625. The molecule has 0 spiro atoms. The van der Waals surface area contributed by atoms with Crippen LogP contribution in [0.1, 0.15) is 15.9 Å². The van der Waals surface area contributed by atoms with Crippen LogP contribution in [-0.4, -0.2) is 55.1 Å². The molecule has 29 heavy (non-hydrogen) atoms. The molecule has 0 saturated carbocycles. The second-order valence-electron chi connectivity index (χ2n) is 7.18. The van der Waals surface area contributed by atoms with Crippen LogP contribution < -0.4 is 10.2 Å². The lowest BCUT2D eigenvalue weighted by Crippen LogP contribution is -2.48. The van der Waals surface area contributed by atoms with Gasteiger partial charge < -0.3 is 10.2 Å². The monoisotopic (exact) mass is 448 g/mol. The normalized spacial score (nSPS) is 15.1. The summed E-state index contributed by atoms with van der Waals surface area (Å²) >= 11 is 13.7. The molecule has 2 heterocycles. The Morgan fingerprint density at radius 2 is 1.93 bits per heavy atom. The highest BCUT2D eigenvalue weighted by Gasteiger charge is 2.20. The van der Waals surface area contributed by atoms with Gasteiger partial charge in [0.05, 0.1) is 20.8 Å². The summed E-state index contributed by atoms with van der Waals surface area (Å²) in [5, 5.41) is 4.92. The van der Waals surface area contributed by atoms with Crippen molar-refractivity contribution >= 4 is 55.8 Å². The Labute approximate surface area is 184 Å². The number of aryl methyl sites for hydroxylation is 1. The molecule has 1 amide bonds. The van der Waals surface area contributed by atoms with Crippen LogP contribution in [0.2, 0.25) is 10.0 Å². The Morgan fingerprint density at radius 1 is 1.14 bits per heavy atom. The number of nitrogens with zero attached hydrogens (tertiary/aromatic N) is 3. The summed E-state index contributed by atoms with van der Waals surface area (Å²) in [6.07, 6.45) is 0. The number of piperazine rings is 1. The molecule has 0 bridgehead atoms. The van der Waals surface area contributed by atoms with E-state index in [2.05, 4.69) is 40.2 Å². The summed E-state index contributed by atoms with van der Waals surface area (Å²) in [6.45, 7) is 7.28. The average molecular weight is 449 g/mol. The lowest BCUT2D eigenvalue weighted by molar-refractivity contribution is 0.0948. The molecule has 8 heteroatoms. The molecule has 152 valence electrons. The fraction of sp³-hybridized carbons (Fsp3) is 0.333. The summed E-state index contributed by atoms with van der Waals surface area (Å²) in [4.78, 5) is 21.8. The summed E-state index contributed by atoms with van der Waals surface area (Å²) in [5.41, 5.74) is 2.79. The van der Waals surface area contributed by atoms with Gasteiger partial charge in [0.15, 0.2) is 5.13 Å². The van der Waals surface area contributed by atoms with E-state index in [-0.39, 0.29) is 5.91 Å². The van der Waals surface area contributed by atoms with Gasteiger partial charge >= 0.3 is 0 Å². The zero-order valence-corrected chi connectivity index (χ0v) is 18.4. The van der Waals surface area contributed by atoms with Gasteiger partial charge in [0.1, 0.15) is 0 Å². The van der Waals surface area contributed by atoms with Crippen molar-refractivity contribution in [3.8, 4) is 0 Å². The van der Waals surface area contributed by atoms with Crippen molar-refractivity contribution in [1.29, 1.82) is 0 Å². The van der Waals surface area contributed by atoms with Crippen LogP contribution in [0, 0.1) is 6.92 Å². The number of anilines is 1. The number of fused-ring (bicyclic) bond motifs is 1. The molecule has 1 fully saturated rings. The molecule has 1 aliphatic heterocycles. The van der Waals surface area contributed by atoms with Gasteiger partial charge in [-0.15, -0.1) is 0 Å². The van der Waals surface area contributed by atoms with Crippen molar-refractivity contribution in [2.75, 3.05) is 44.2 Å². The minimum atomic E-state index is -0.171. The van der Waals surface area contributed by atoms with E-state index in [4.69, 9.17) is 28.2 Å². The van der Waals surface area contributed by atoms with E-state index in [1.165, 1.54) is 10.3 Å². The summed E-state index contributed by atoms with van der Waals surface area (Å²) in [5.74, 6) is -0.171. The maximum atomic E-state index is 12.3. The number of thiazole rings is 1. The molecular formula is C21H22Cl2N4OS. The largest absolute Gasteiger partial charge is 0.351 e. The number of aromatic nitrogens is 1. The summed E-state index contributed by atoms with van der Waals surface area (Å²) in [7, 11) is 0. The van der Waals surface area contributed by atoms with Crippen molar-refractivity contribution in [2.24, 2.45) is 0 Å². The molecule has 1 aliphatic rings. The van der Waals surface area contributed by atoms with E-state index in [0.717, 1.165) is 43.4 Å². The fourth-order valence-corrected chi connectivity index (χ4v) is 5.02. The van der Waals surface area contributed by atoms with Crippen LogP contribution >= 0.6 is 34.5 Å². The number of amides is 1. The van der Waals surface area contributed by atoms with E-state index in [1.54, 1.807) is 29.5 Å². The number of hydrogen-bond acceptors (Lipinski definition) is 5. The van der Waals surface area contributed by atoms with Crippen molar-refractivity contribution in [3.05, 3.63) is 57.6 Å². The van der Waals surface area contributed by atoms with E-state index in [0.29, 0.717) is 22.2 Å². The number of halogens is 2. The number of rotatable bonds is 5.